The topological polar surface area (TPSA) is 55.6 Å². The van der Waals surface area contributed by atoms with Crippen LogP contribution in [-0.4, -0.2) is 12.2 Å². The summed E-state index contributed by atoms with van der Waals surface area (Å²) in [7, 11) is 1.54. The van der Waals surface area contributed by atoms with E-state index in [1.165, 1.54) is 7.11 Å². The molecule has 0 unspecified atom stereocenters. The molecule has 3 N–H and O–H groups in total. The first-order chi connectivity index (χ1) is 8.31. The normalized spacial score (nSPS) is 9.94. The third-order valence-corrected chi connectivity index (χ3v) is 2.48. The lowest BCUT2D eigenvalue weighted by molar-refractivity contribution is -0.361. The smallest absolute Gasteiger partial charge is 0.272 e. The first-order valence-electron chi connectivity index (χ1n) is 5.36. The molecule has 0 radical (unpaired) electrons. The second-order valence-corrected chi connectivity index (χ2v) is 3.60. The Morgan fingerprint density at radius 3 is 2.82 bits per heavy atom. The molecule has 0 saturated heterocycles. The van der Waals surface area contributed by atoms with Crippen LogP contribution in [0.4, 0.5) is 5.82 Å². The Morgan fingerprint density at radius 1 is 1.24 bits per heavy atom. The number of rotatable bonds is 4. The standard InChI is InChI=1S/C13H14N2O2/c1-17-11-6-4-5-10(13(11)16)9-15-12-7-2-3-8-14-12/h2-8,16H,9H2,1H3,(H,14,15)/p+1. The lowest BCUT2D eigenvalue weighted by atomic mass is 10.2. The summed E-state index contributed by atoms with van der Waals surface area (Å²) in [5.74, 6) is 1.56. The van der Waals surface area contributed by atoms with E-state index in [0.717, 1.165) is 11.4 Å². The van der Waals surface area contributed by atoms with Gasteiger partial charge in [-0.25, -0.2) is 4.98 Å². The number of anilines is 1. The van der Waals surface area contributed by atoms with Crippen molar-refractivity contribution in [3.63, 3.8) is 0 Å². The third kappa shape index (κ3) is 2.66. The largest absolute Gasteiger partial charge is 0.504 e. The van der Waals surface area contributed by atoms with Gasteiger partial charge in [0, 0.05) is 11.6 Å². The van der Waals surface area contributed by atoms with Gasteiger partial charge in [-0.15, -0.1) is 0 Å². The number of nitrogens with one attached hydrogen (secondary N) is 2. The van der Waals surface area contributed by atoms with Crippen LogP contribution in [0.25, 0.3) is 0 Å². The van der Waals surface area contributed by atoms with Crippen molar-refractivity contribution in [2.45, 2.75) is 6.54 Å². The first kappa shape index (κ1) is 11.3. The lowest BCUT2D eigenvalue weighted by Gasteiger charge is -2.07. The van der Waals surface area contributed by atoms with Gasteiger partial charge in [0.2, 0.25) is 0 Å². The van der Waals surface area contributed by atoms with Gasteiger partial charge in [0.15, 0.2) is 11.5 Å². The summed E-state index contributed by atoms with van der Waals surface area (Å²) in [5, 5.41) is 13.1. The van der Waals surface area contributed by atoms with Crippen LogP contribution in [0.3, 0.4) is 0 Å². The van der Waals surface area contributed by atoms with E-state index >= 15 is 0 Å². The molecule has 0 amide bonds. The van der Waals surface area contributed by atoms with Gasteiger partial charge in [0.05, 0.1) is 13.3 Å². The van der Waals surface area contributed by atoms with Crippen LogP contribution in [0, 0.1) is 0 Å². The van der Waals surface area contributed by atoms with Gasteiger partial charge in [-0.3, -0.25) is 5.32 Å². The van der Waals surface area contributed by atoms with Crippen molar-refractivity contribution in [2.24, 2.45) is 0 Å². The number of benzene rings is 1. The number of aromatic nitrogens is 1. The number of aromatic hydroxyl groups is 1. The number of phenols is 1. The van der Waals surface area contributed by atoms with E-state index in [-0.39, 0.29) is 5.75 Å². The summed E-state index contributed by atoms with van der Waals surface area (Å²) >= 11 is 0. The second-order valence-electron chi connectivity index (χ2n) is 3.60. The van der Waals surface area contributed by atoms with Gasteiger partial charge >= 0.3 is 0 Å². The molecule has 4 nitrogen and oxygen atoms in total. The Hall–Kier alpha value is -2.23. The fourth-order valence-corrected chi connectivity index (χ4v) is 1.57. The molecule has 1 heterocycles. The summed E-state index contributed by atoms with van der Waals surface area (Å²) in [5.41, 5.74) is 0.793. The predicted molar refractivity (Wildman–Crippen MR) is 65.0 cm³/mol. The maximum Gasteiger partial charge on any atom is 0.272 e. The molecule has 0 aliphatic heterocycles. The summed E-state index contributed by atoms with van der Waals surface area (Å²) in [6.45, 7) is 0.531. The maximum absolute atomic E-state index is 9.89. The number of phenolic OH excluding ortho intramolecular Hbond substituents is 1. The SMILES string of the molecule is COc1cccc(CNc2cccc[nH+]2)c1O. The maximum atomic E-state index is 9.89. The molecular formula is C13H15N2O2+. The van der Waals surface area contributed by atoms with Crippen LogP contribution < -0.4 is 15.0 Å². The second kappa shape index (κ2) is 5.21. The number of para-hydroxylation sites is 1. The Kier molecular flexibility index (Phi) is 3.45. The molecule has 0 saturated carbocycles. The fraction of sp³-hybridized carbons (Fsp3) is 0.154. The molecule has 2 aromatic rings. The van der Waals surface area contributed by atoms with Crippen LogP contribution >= 0.6 is 0 Å². The van der Waals surface area contributed by atoms with Crippen molar-refractivity contribution in [1.29, 1.82) is 0 Å². The molecule has 1 aromatic heterocycles. The van der Waals surface area contributed by atoms with Gasteiger partial charge in [0.1, 0.15) is 6.54 Å². The van der Waals surface area contributed by atoms with E-state index in [9.17, 15) is 5.11 Å². The number of pyridine rings is 1. The zero-order valence-electron chi connectivity index (χ0n) is 9.60. The molecule has 88 valence electrons. The summed E-state index contributed by atoms with van der Waals surface area (Å²) in [6.07, 6.45) is 1.84. The van der Waals surface area contributed by atoms with Crippen molar-refractivity contribution in [1.82, 2.24) is 0 Å². The Labute approximate surface area is 99.9 Å². The molecule has 0 fully saturated rings. The number of ether oxygens (including phenoxy) is 1. The summed E-state index contributed by atoms with van der Waals surface area (Å²) in [6, 6.07) is 11.2. The highest BCUT2D eigenvalue weighted by molar-refractivity contribution is 5.46. The lowest BCUT2D eigenvalue weighted by Crippen LogP contribution is -2.11. The number of aromatic amines is 1. The number of hydrogen-bond donors (Lipinski definition) is 2. The molecular weight excluding hydrogens is 216 g/mol. The Morgan fingerprint density at radius 2 is 2.12 bits per heavy atom. The van der Waals surface area contributed by atoms with Gasteiger partial charge in [0.25, 0.3) is 5.82 Å². The van der Waals surface area contributed by atoms with Gasteiger partial charge in [-0.05, 0) is 12.1 Å². The van der Waals surface area contributed by atoms with E-state index in [1.807, 2.05) is 36.5 Å². The summed E-state index contributed by atoms with van der Waals surface area (Å²) in [4.78, 5) is 3.06. The minimum absolute atomic E-state index is 0.179. The minimum Gasteiger partial charge on any atom is -0.504 e. The zero-order chi connectivity index (χ0) is 12.1. The molecule has 17 heavy (non-hydrogen) atoms. The van der Waals surface area contributed by atoms with E-state index in [0.29, 0.717) is 12.3 Å². The van der Waals surface area contributed by atoms with Gasteiger partial charge in [-0.1, -0.05) is 18.2 Å². The van der Waals surface area contributed by atoms with Crippen LogP contribution in [0.1, 0.15) is 5.56 Å². The minimum atomic E-state index is 0.179. The molecule has 0 atom stereocenters. The van der Waals surface area contributed by atoms with Crippen molar-refractivity contribution in [3.05, 3.63) is 48.2 Å². The Balaban J connectivity index is 2.09. The average Bonchev–Trinajstić information content (AvgIpc) is 2.39. The molecule has 4 heteroatoms. The summed E-state index contributed by atoms with van der Waals surface area (Å²) < 4.78 is 5.05. The molecule has 2 rings (SSSR count). The quantitative estimate of drug-likeness (QED) is 0.844. The predicted octanol–water partition coefficient (Wildman–Crippen LogP) is 1.83. The Bertz CT molecular complexity index is 486. The molecule has 0 aliphatic rings. The monoisotopic (exact) mass is 231 g/mol. The third-order valence-electron chi connectivity index (χ3n) is 2.48. The van der Waals surface area contributed by atoms with Crippen LogP contribution in [0.15, 0.2) is 42.6 Å². The van der Waals surface area contributed by atoms with E-state index in [2.05, 4.69) is 10.3 Å². The van der Waals surface area contributed by atoms with Crippen molar-refractivity contribution < 1.29 is 14.8 Å². The van der Waals surface area contributed by atoms with Crippen LogP contribution in [0.5, 0.6) is 11.5 Å². The molecule has 0 aliphatic carbocycles. The highest BCUT2D eigenvalue weighted by Crippen LogP contribution is 2.29. The van der Waals surface area contributed by atoms with Crippen LogP contribution in [0.2, 0.25) is 0 Å². The van der Waals surface area contributed by atoms with Gasteiger partial charge in [-0.2, -0.15) is 0 Å². The number of H-pyrrole nitrogens is 1. The van der Waals surface area contributed by atoms with E-state index < -0.39 is 0 Å². The number of methoxy groups -OCH3 is 1. The zero-order valence-corrected chi connectivity index (χ0v) is 9.60. The molecule has 1 aromatic carbocycles. The van der Waals surface area contributed by atoms with E-state index in [1.54, 1.807) is 6.07 Å². The fourth-order valence-electron chi connectivity index (χ4n) is 1.57. The molecule has 0 spiro atoms. The van der Waals surface area contributed by atoms with Crippen molar-refractivity contribution >= 4 is 5.82 Å². The number of hydrogen-bond acceptors (Lipinski definition) is 3. The highest BCUT2D eigenvalue weighted by Gasteiger charge is 2.09. The van der Waals surface area contributed by atoms with E-state index in [4.69, 9.17) is 4.74 Å². The van der Waals surface area contributed by atoms with Crippen molar-refractivity contribution in [3.8, 4) is 11.5 Å². The van der Waals surface area contributed by atoms with Crippen molar-refractivity contribution in [2.75, 3.05) is 12.4 Å². The average molecular weight is 231 g/mol. The first-order valence-corrected chi connectivity index (χ1v) is 5.36. The van der Waals surface area contributed by atoms with Crippen LogP contribution in [-0.2, 0) is 6.54 Å². The molecule has 0 bridgehead atoms. The van der Waals surface area contributed by atoms with Gasteiger partial charge < -0.3 is 9.84 Å². The highest BCUT2D eigenvalue weighted by atomic mass is 16.5.